The van der Waals surface area contributed by atoms with Crippen molar-refractivity contribution >= 4 is 11.6 Å². The van der Waals surface area contributed by atoms with Crippen LogP contribution in [0.15, 0.2) is 42.5 Å². The third-order valence-corrected chi connectivity index (χ3v) is 7.54. The number of nitrogens with zero attached hydrogens (tertiary/aromatic N) is 2. The number of fused-ring (bicyclic) bond motifs is 3. The molecule has 2 fully saturated rings. The minimum atomic E-state index is 0.279. The average Bonchev–Trinajstić information content (AvgIpc) is 3.26. The minimum absolute atomic E-state index is 0.279. The van der Waals surface area contributed by atoms with Crippen molar-refractivity contribution in [1.82, 2.24) is 9.80 Å². The first-order chi connectivity index (χ1) is 14.8. The maximum absolute atomic E-state index is 6.67. The van der Waals surface area contributed by atoms with E-state index >= 15 is 0 Å². The molecule has 5 rings (SSSR count). The Morgan fingerprint density at radius 2 is 1.73 bits per heavy atom. The molecule has 3 aliphatic rings. The molecule has 2 saturated heterocycles. The largest absolute Gasteiger partial charge is 0.493 e. The van der Waals surface area contributed by atoms with Gasteiger partial charge in [0, 0.05) is 35.6 Å². The van der Waals surface area contributed by atoms with Gasteiger partial charge in [0.1, 0.15) is 5.75 Å². The lowest BCUT2D eigenvalue weighted by Gasteiger charge is -2.38. The summed E-state index contributed by atoms with van der Waals surface area (Å²) in [5.41, 5.74) is 4.07. The van der Waals surface area contributed by atoms with Crippen LogP contribution < -0.4 is 4.74 Å². The van der Waals surface area contributed by atoms with Crippen molar-refractivity contribution in [2.24, 2.45) is 0 Å². The first kappa shape index (κ1) is 20.4. The highest BCUT2D eigenvalue weighted by Gasteiger charge is 2.38. The Balaban J connectivity index is 1.38. The summed E-state index contributed by atoms with van der Waals surface area (Å²) < 4.78 is 6.45. The molecule has 0 aromatic heterocycles. The molecule has 2 aromatic rings. The third-order valence-electron chi connectivity index (χ3n) is 7.19. The fraction of sp³-hybridized carbons (Fsp3) is 0.538. The van der Waals surface area contributed by atoms with Crippen LogP contribution in [0.25, 0.3) is 0 Å². The summed E-state index contributed by atoms with van der Waals surface area (Å²) in [5.74, 6) is 1.35. The molecule has 3 nitrogen and oxygen atoms in total. The minimum Gasteiger partial charge on any atom is -0.493 e. The van der Waals surface area contributed by atoms with Crippen LogP contribution in [0, 0.1) is 0 Å². The molecule has 0 amide bonds. The summed E-state index contributed by atoms with van der Waals surface area (Å²) in [5, 5.41) is 0.867. The standard InChI is InChI=1S/C26H33ClN2O/c27-23-11-3-2-9-20(23)22-19-29-17-7-12-24(29)21-10-6-13-25(26(21)22)30-18-8-16-28-14-4-1-5-15-28/h2-3,6,9-11,13,22,24H,1,4-5,7-8,12,14-19H2. The van der Waals surface area contributed by atoms with E-state index in [0.717, 1.165) is 36.9 Å². The number of benzene rings is 2. The molecule has 0 spiro atoms. The number of hydrogen-bond donors (Lipinski definition) is 0. The molecule has 0 aliphatic carbocycles. The Bertz CT molecular complexity index is 864. The molecule has 30 heavy (non-hydrogen) atoms. The van der Waals surface area contributed by atoms with Crippen LogP contribution in [0.1, 0.15) is 67.2 Å². The predicted octanol–water partition coefficient (Wildman–Crippen LogP) is 5.88. The van der Waals surface area contributed by atoms with E-state index in [-0.39, 0.29) is 5.92 Å². The molecule has 0 N–H and O–H groups in total. The molecule has 2 unspecified atom stereocenters. The van der Waals surface area contributed by atoms with Crippen LogP contribution in [0.2, 0.25) is 5.02 Å². The molecule has 2 atom stereocenters. The maximum atomic E-state index is 6.67. The van der Waals surface area contributed by atoms with E-state index in [9.17, 15) is 0 Å². The van der Waals surface area contributed by atoms with Crippen molar-refractivity contribution in [3.63, 3.8) is 0 Å². The highest BCUT2D eigenvalue weighted by molar-refractivity contribution is 6.31. The van der Waals surface area contributed by atoms with Crippen molar-refractivity contribution in [3.05, 3.63) is 64.2 Å². The van der Waals surface area contributed by atoms with Crippen LogP contribution in [0.4, 0.5) is 0 Å². The Hall–Kier alpha value is -1.55. The summed E-state index contributed by atoms with van der Waals surface area (Å²) in [6, 6.07) is 15.6. The second-order valence-electron chi connectivity index (χ2n) is 9.09. The third kappa shape index (κ3) is 4.12. The van der Waals surface area contributed by atoms with Gasteiger partial charge >= 0.3 is 0 Å². The lowest BCUT2D eigenvalue weighted by molar-refractivity contribution is 0.200. The zero-order valence-electron chi connectivity index (χ0n) is 17.9. The summed E-state index contributed by atoms with van der Waals surface area (Å²) in [4.78, 5) is 5.24. The molecule has 0 bridgehead atoms. The topological polar surface area (TPSA) is 15.7 Å². The van der Waals surface area contributed by atoms with Gasteiger partial charge in [0.2, 0.25) is 0 Å². The van der Waals surface area contributed by atoms with E-state index in [4.69, 9.17) is 16.3 Å². The fourth-order valence-corrected chi connectivity index (χ4v) is 6.01. The van der Waals surface area contributed by atoms with E-state index in [1.807, 2.05) is 12.1 Å². The predicted molar refractivity (Wildman–Crippen MR) is 124 cm³/mol. The van der Waals surface area contributed by atoms with Crippen LogP contribution in [0.5, 0.6) is 5.75 Å². The van der Waals surface area contributed by atoms with Gasteiger partial charge in [0.25, 0.3) is 0 Å². The van der Waals surface area contributed by atoms with Crippen LogP contribution >= 0.6 is 11.6 Å². The SMILES string of the molecule is Clc1ccccc1C1CN2CCCC2c2cccc(OCCCN3CCCCC3)c21. The van der Waals surface area contributed by atoms with Gasteiger partial charge in [-0.3, -0.25) is 4.90 Å². The molecular formula is C26H33ClN2O. The second kappa shape index (κ2) is 9.30. The molecule has 4 heteroatoms. The number of halogens is 1. The van der Waals surface area contributed by atoms with E-state index < -0.39 is 0 Å². The smallest absolute Gasteiger partial charge is 0.123 e. The highest BCUT2D eigenvalue weighted by atomic mass is 35.5. The Labute approximate surface area is 186 Å². The summed E-state index contributed by atoms with van der Waals surface area (Å²) >= 11 is 6.67. The van der Waals surface area contributed by atoms with Gasteiger partial charge in [-0.05, 0) is 75.0 Å². The molecular weight excluding hydrogens is 392 g/mol. The van der Waals surface area contributed by atoms with Crippen LogP contribution in [-0.4, -0.2) is 49.1 Å². The summed E-state index contributed by atoms with van der Waals surface area (Å²) in [7, 11) is 0. The summed E-state index contributed by atoms with van der Waals surface area (Å²) in [6.45, 7) is 6.68. The lowest BCUT2D eigenvalue weighted by Crippen LogP contribution is -2.35. The maximum Gasteiger partial charge on any atom is 0.123 e. The Morgan fingerprint density at radius 3 is 2.60 bits per heavy atom. The van der Waals surface area contributed by atoms with Crippen molar-refractivity contribution in [2.45, 2.75) is 50.5 Å². The quantitative estimate of drug-likeness (QED) is 0.538. The van der Waals surface area contributed by atoms with Crippen molar-refractivity contribution in [3.8, 4) is 5.75 Å². The molecule has 3 aliphatic heterocycles. The monoisotopic (exact) mass is 424 g/mol. The normalized spacial score (nSPS) is 24.4. The Morgan fingerprint density at radius 1 is 0.900 bits per heavy atom. The second-order valence-corrected chi connectivity index (χ2v) is 9.50. The van der Waals surface area contributed by atoms with Crippen molar-refractivity contribution < 1.29 is 4.74 Å². The van der Waals surface area contributed by atoms with E-state index in [2.05, 4.69) is 40.1 Å². The van der Waals surface area contributed by atoms with Gasteiger partial charge in [-0.25, -0.2) is 0 Å². The molecule has 0 radical (unpaired) electrons. The first-order valence-electron chi connectivity index (χ1n) is 11.8. The van der Waals surface area contributed by atoms with Crippen LogP contribution in [-0.2, 0) is 0 Å². The molecule has 2 aromatic carbocycles. The summed E-state index contributed by atoms with van der Waals surface area (Å²) in [6.07, 6.45) is 7.72. The molecule has 3 heterocycles. The lowest BCUT2D eigenvalue weighted by atomic mass is 9.81. The van der Waals surface area contributed by atoms with Gasteiger partial charge in [0.15, 0.2) is 0 Å². The number of likely N-dealkylation sites (tertiary alicyclic amines) is 1. The van der Waals surface area contributed by atoms with Gasteiger partial charge in [-0.1, -0.05) is 48.4 Å². The van der Waals surface area contributed by atoms with Gasteiger partial charge in [-0.2, -0.15) is 0 Å². The molecule has 160 valence electrons. The first-order valence-corrected chi connectivity index (χ1v) is 12.2. The van der Waals surface area contributed by atoms with Gasteiger partial charge < -0.3 is 9.64 Å². The highest BCUT2D eigenvalue weighted by Crippen LogP contribution is 2.48. The number of rotatable bonds is 6. The van der Waals surface area contributed by atoms with Crippen molar-refractivity contribution in [2.75, 3.05) is 39.3 Å². The zero-order valence-corrected chi connectivity index (χ0v) is 18.6. The number of ether oxygens (including phenoxy) is 1. The van der Waals surface area contributed by atoms with E-state index in [1.54, 1.807) is 0 Å². The number of piperidine rings is 1. The average molecular weight is 425 g/mol. The zero-order chi connectivity index (χ0) is 20.3. The van der Waals surface area contributed by atoms with Gasteiger partial charge in [-0.15, -0.1) is 0 Å². The van der Waals surface area contributed by atoms with Crippen LogP contribution in [0.3, 0.4) is 0 Å². The fourth-order valence-electron chi connectivity index (χ4n) is 5.74. The van der Waals surface area contributed by atoms with Crippen molar-refractivity contribution in [1.29, 1.82) is 0 Å². The Kier molecular flexibility index (Phi) is 6.31. The molecule has 0 saturated carbocycles. The number of hydrogen-bond acceptors (Lipinski definition) is 3. The van der Waals surface area contributed by atoms with E-state index in [1.165, 1.54) is 68.4 Å². The van der Waals surface area contributed by atoms with E-state index in [0.29, 0.717) is 6.04 Å². The van der Waals surface area contributed by atoms with Gasteiger partial charge in [0.05, 0.1) is 6.61 Å².